The third kappa shape index (κ3) is 6.68. The summed E-state index contributed by atoms with van der Waals surface area (Å²) in [7, 11) is 0. The molecule has 0 bridgehead atoms. The lowest BCUT2D eigenvalue weighted by Crippen LogP contribution is -2.31. The van der Waals surface area contributed by atoms with Crippen LogP contribution in [0.5, 0.6) is 0 Å². The Morgan fingerprint density at radius 1 is 1.22 bits per heavy atom. The van der Waals surface area contributed by atoms with E-state index in [0.717, 1.165) is 0 Å². The number of ether oxygens (including phenoxy) is 1. The van der Waals surface area contributed by atoms with Crippen molar-refractivity contribution in [1.82, 2.24) is 4.90 Å². The molecule has 0 unspecified atom stereocenters. The van der Waals surface area contributed by atoms with E-state index in [-0.39, 0.29) is 12.5 Å². The molecule has 0 aliphatic carbocycles. The Bertz CT molecular complexity index is 324. The number of hydrogen-bond donors (Lipinski definition) is 0. The SMILES string of the molecule is C=CCN(CC=C)C(=O)CCCOC(=O)C(=C)C. The number of rotatable bonds is 9. The fourth-order valence-electron chi connectivity index (χ4n) is 1.26. The summed E-state index contributed by atoms with van der Waals surface area (Å²) >= 11 is 0. The first-order chi connectivity index (χ1) is 8.52. The maximum absolute atomic E-state index is 11.8. The van der Waals surface area contributed by atoms with E-state index in [1.807, 2.05) is 0 Å². The van der Waals surface area contributed by atoms with Crippen LogP contribution in [0.1, 0.15) is 19.8 Å². The molecule has 4 heteroatoms. The third-order valence-corrected chi connectivity index (χ3v) is 2.17. The molecule has 4 nitrogen and oxygen atoms in total. The van der Waals surface area contributed by atoms with Crippen LogP contribution >= 0.6 is 0 Å². The maximum atomic E-state index is 11.8. The monoisotopic (exact) mass is 251 g/mol. The summed E-state index contributed by atoms with van der Waals surface area (Å²) in [4.78, 5) is 24.5. The molecule has 18 heavy (non-hydrogen) atoms. The van der Waals surface area contributed by atoms with Crippen molar-refractivity contribution in [2.45, 2.75) is 19.8 Å². The Labute approximate surface area is 109 Å². The van der Waals surface area contributed by atoms with Gasteiger partial charge in [-0.2, -0.15) is 0 Å². The number of carbonyl (C=O) groups excluding carboxylic acids is 2. The highest BCUT2D eigenvalue weighted by atomic mass is 16.5. The van der Waals surface area contributed by atoms with Crippen molar-refractivity contribution < 1.29 is 14.3 Å². The summed E-state index contributed by atoms with van der Waals surface area (Å²) in [6.07, 6.45) is 4.18. The zero-order valence-electron chi connectivity index (χ0n) is 11.0. The molecule has 0 fully saturated rings. The van der Waals surface area contributed by atoms with E-state index < -0.39 is 5.97 Å². The van der Waals surface area contributed by atoms with Crippen molar-refractivity contribution >= 4 is 11.9 Å². The second-order valence-electron chi connectivity index (χ2n) is 3.90. The summed E-state index contributed by atoms with van der Waals surface area (Å²) in [6, 6.07) is 0. The molecule has 1 amide bonds. The minimum Gasteiger partial charge on any atom is -0.462 e. The van der Waals surface area contributed by atoms with Gasteiger partial charge < -0.3 is 9.64 Å². The Hall–Kier alpha value is -1.84. The zero-order valence-corrected chi connectivity index (χ0v) is 11.0. The molecule has 100 valence electrons. The predicted octanol–water partition coefficient (Wildman–Crippen LogP) is 2.09. The molecule has 0 aromatic carbocycles. The van der Waals surface area contributed by atoms with Gasteiger partial charge in [0.05, 0.1) is 6.61 Å². The van der Waals surface area contributed by atoms with Crippen molar-refractivity contribution in [3.05, 3.63) is 37.5 Å². The van der Waals surface area contributed by atoms with Gasteiger partial charge in [-0.3, -0.25) is 4.79 Å². The average Bonchev–Trinajstić information content (AvgIpc) is 2.33. The van der Waals surface area contributed by atoms with Gasteiger partial charge in [-0.25, -0.2) is 4.79 Å². The van der Waals surface area contributed by atoms with Crippen LogP contribution in [0.25, 0.3) is 0 Å². The van der Waals surface area contributed by atoms with E-state index in [0.29, 0.717) is 31.5 Å². The smallest absolute Gasteiger partial charge is 0.333 e. The van der Waals surface area contributed by atoms with Crippen molar-refractivity contribution in [2.24, 2.45) is 0 Å². The van der Waals surface area contributed by atoms with Gasteiger partial charge in [-0.05, 0) is 13.3 Å². The van der Waals surface area contributed by atoms with Crippen molar-refractivity contribution in [3.63, 3.8) is 0 Å². The number of carbonyl (C=O) groups is 2. The Morgan fingerprint density at radius 3 is 2.22 bits per heavy atom. The predicted molar refractivity (Wildman–Crippen MR) is 72.0 cm³/mol. The highest BCUT2D eigenvalue weighted by Crippen LogP contribution is 2.01. The molecule has 0 N–H and O–H groups in total. The second kappa shape index (κ2) is 9.22. The lowest BCUT2D eigenvalue weighted by Gasteiger charge is -2.19. The van der Waals surface area contributed by atoms with Gasteiger partial charge in [0.15, 0.2) is 0 Å². The fraction of sp³-hybridized carbons (Fsp3) is 0.429. The second-order valence-corrected chi connectivity index (χ2v) is 3.90. The molecule has 0 saturated carbocycles. The van der Waals surface area contributed by atoms with Crippen LogP contribution in [0, 0.1) is 0 Å². The molecule has 0 spiro atoms. The summed E-state index contributed by atoms with van der Waals surface area (Å²) in [5.41, 5.74) is 0.362. The van der Waals surface area contributed by atoms with Crippen LogP contribution in [-0.4, -0.2) is 36.5 Å². The molecule has 0 aliphatic heterocycles. The summed E-state index contributed by atoms with van der Waals surface area (Å²) < 4.78 is 4.90. The normalized spacial score (nSPS) is 9.39. The molecule has 0 saturated heterocycles. The molecular formula is C14H21NO3. The molecule has 0 rings (SSSR count). The van der Waals surface area contributed by atoms with E-state index in [4.69, 9.17) is 4.74 Å². The minimum absolute atomic E-state index is 0.00109. The zero-order chi connectivity index (χ0) is 14.0. The van der Waals surface area contributed by atoms with E-state index >= 15 is 0 Å². The summed E-state index contributed by atoms with van der Waals surface area (Å²) in [5.74, 6) is -0.419. The highest BCUT2D eigenvalue weighted by molar-refractivity contribution is 5.86. The van der Waals surface area contributed by atoms with Crippen LogP contribution in [0.15, 0.2) is 37.5 Å². The molecule has 0 aromatic rings. The number of nitrogens with zero attached hydrogens (tertiary/aromatic N) is 1. The minimum atomic E-state index is -0.420. The van der Waals surface area contributed by atoms with Crippen LogP contribution in [0.4, 0.5) is 0 Å². The first-order valence-corrected chi connectivity index (χ1v) is 5.85. The van der Waals surface area contributed by atoms with Crippen molar-refractivity contribution in [3.8, 4) is 0 Å². The summed E-state index contributed by atoms with van der Waals surface area (Å²) in [5, 5.41) is 0. The number of amides is 1. The van der Waals surface area contributed by atoms with Gasteiger partial charge in [-0.1, -0.05) is 18.7 Å². The largest absolute Gasteiger partial charge is 0.462 e. The first kappa shape index (κ1) is 16.2. The Balaban J connectivity index is 3.93. The molecule has 0 atom stereocenters. The van der Waals surface area contributed by atoms with Crippen molar-refractivity contribution in [2.75, 3.05) is 19.7 Å². The molecule has 0 radical (unpaired) electrons. The van der Waals surface area contributed by atoms with Crippen molar-refractivity contribution in [1.29, 1.82) is 0 Å². The van der Waals surface area contributed by atoms with Crippen LogP contribution in [0.3, 0.4) is 0 Å². The standard InChI is InChI=1S/C14H21NO3/c1-5-9-15(10-6-2)13(16)8-7-11-18-14(17)12(3)4/h5-6H,1-3,7-11H2,4H3. The van der Waals surface area contributed by atoms with Crippen LogP contribution < -0.4 is 0 Å². The van der Waals surface area contributed by atoms with Crippen LogP contribution in [-0.2, 0) is 14.3 Å². The molecular weight excluding hydrogens is 230 g/mol. The van der Waals surface area contributed by atoms with E-state index in [1.54, 1.807) is 24.0 Å². The molecule has 0 aliphatic rings. The summed E-state index contributed by atoms with van der Waals surface area (Å²) in [6.45, 7) is 13.5. The lowest BCUT2D eigenvalue weighted by atomic mass is 10.2. The third-order valence-electron chi connectivity index (χ3n) is 2.17. The van der Waals surface area contributed by atoms with E-state index in [1.165, 1.54) is 0 Å². The molecule has 0 aromatic heterocycles. The van der Waals surface area contributed by atoms with Gasteiger partial charge in [0, 0.05) is 25.1 Å². The van der Waals surface area contributed by atoms with Gasteiger partial charge >= 0.3 is 5.97 Å². The quantitative estimate of drug-likeness (QED) is 0.273. The van der Waals surface area contributed by atoms with Gasteiger partial charge in [0.2, 0.25) is 5.91 Å². The van der Waals surface area contributed by atoms with Gasteiger partial charge in [0.25, 0.3) is 0 Å². The highest BCUT2D eigenvalue weighted by Gasteiger charge is 2.10. The Morgan fingerprint density at radius 2 is 1.78 bits per heavy atom. The van der Waals surface area contributed by atoms with Gasteiger partial charge in [0.1, 0.15) is 0 Å². The number of esters is 1. The van der Waals surface area contributed by atoms with E-state index in [9.17, 15) is 9.59 Å². The van der Waals surface area contributed by atoms with Gasteiger partial charge in [-0.15, -0.1) is 13.2 Å². The number of hydrogen-bond acceptors (Lipinski definition) is 3. The maximum Gasteiger partial charge on any atom is 0.333 e. The topological polar surface area (TPSA) is 46.6 Å². The lowest BCUT2D eigenvalue weighted by molar-refractivity contribution is -0.140. The average molecular weight is 251 g/mol. The first-order valence-electron chi connectivity index (χ1n) is 5.85. The van der Waals surface area contributed by atoms with E-state index in [2.05, 4.69) is 19.7 Å². The van der Waals surface area contributed by atoms with Crippen LogP contribution in [0.2, 0.25) is 0 Å². The fourth-order valence-corrected chi connectivity index (χ4v) is 1.26. The Kier molecular flexibility index (Phi) is 8.27. The molecule has 0 heterocycles.